The third-order valence-corrected chi connectivity index (χ3v) is 12.6. The Hall–Kier alpha value is -1.01. The van der Waals surface area contributed by atoms with Crippen LogP contribution in [0.5, 0.6) is 0 Å². The number of cyclic esters (lactones) is 1. The zero-order valence-electron chi connectivity index (χ0n) is 35.2. The van der Waals surface area contributed by atoms with E-state index in [1.165, 1.54) is 7.11 Å². The molecule has 53 heavy (non-hydrogen) atoms. The smallest absolute Gasteiger partial charge is 0.311 e. The highest BCUT2D eigenvalue weighted by Crippen LogP contribution is 2.41. The predicted octanol–water partition coefficient (Wildman–Crippen LogP) is 2.87. The summed E-state index contributed by atoms with van der Waals surface area (Å²) in [6, 6.07) is -0.529. The predicted molar refractivity (Wildman–Crippen MR) is 199 cm³/mol. The summed E-state index contributed by atoms with van der Waals surface area (Å²) in [7, 11) is 8.53. The van der Waals surface area contributed by atoms with E-state index in [2.05, 4.69) is 17.1 Å². The number of aliphatic hydroxyl groups is 3. The molecule has 14 nitrogen and oxygen atoms in total. The molecule has 0 aromatic carbocycles. The standard InChI is InChI=1S/C39H74N2O12/c1-16-28-39(10,45)34(46-13)25(6)41(12)20-21(2)18-38(9,48-15)33(53-36-30(42)27(40-11)17-22(3)49-36)23(4)31(24(5)35(44)51-28)52-29-19-37(8,47-14)32(43)26(7)50-29/h21-34,36,40,42-43,45H,16-20H2,1-15H3/t21-,22-,23+,24-,25-,26+,27+,28?,29+,30-,31+,32+,33-,34-,36+,37-,38-,39+/m1/s1. The van der Waals surface area contributed by atoms with E-state index in [4.69, 9.17) is 37.9 Å². The fourth-order valence-electron chi connectivity index (χ4n) is 9.13. The van der Waals surface area contributed by atoms with Crippen LogP contribution in [-0.4, -0.2) is 158 Å². The Kier molecular flexibility index (Phi) is 16.6. The summed E-state index contributed by atoms with van der Waals surface area (Å²) in [6.07, 6.45) is -6.29. The topological polar surface area (TPSA) is 167 Å². The van der Waals surface area contributed by atoms with E-state index < -0.39 is 89.9 Å². The van der Waals surface area contributed by atoms with Gasteiger partial charge in [-0.05, 0) is 87.7 Å². The number of nitrogens with one attached hydrogen (secondary N) is 1. The van der Waals surface area contributed by atoms with E-state index in [9.17, 15) is 20.1 Å². The Balaban J connectivity index is 2.22. The number of nitrogens with zero attached hydrogens (tertiary/aromatic N) is 1. The third-order valence-electron chi connectivity index (χ3n) is 12.6. The van der Waals surface area contributed by atoms with Crippen LogP contribution in [0.3, 0.4) is 0 Å². The number of carbonyl (C=O) groups is 1. The van der Waals surface area contributed by atoms with Crippen LogP contribution in [0.25, 0.3) is 0 Å². The van der Waals surface area contributed by atoms with Crippen LogP contribution in [-0.2, 0) is 42.7 Å². The maximum atomic E-state index is 14.4. The van der Waals surface area contributed by atoms with Crippen LogP contribution >= 0.6 is 0 Å². The average Bonchev–Trinajstić information content (AvgIpc) is 3.10. The molecule has 4 N–H and O–H groups in total. The summed E-state index contributed by atoms with van der Waals surface area (Å²) in [5.41, 5.74) is -3.51. The lowest BCUT2D eigenvalue weighted by molar-refractivity contribution is -0.317. The molecule has 14 heteroatoms. The number of carbonyl (C=O) groups excluding carboxylic acids is 1. The van der Waals surface area contributed by atoms with Gasteiger partial charge < -0.3 is 63.4 Å². The molecule has 0 aromatic rings. The lowest BCUT2D eigenvalue weighted by Crippen LogP contribution is -2.61. The first-order chi connectivity index (χ1) is 24.6. The van der Waals surface area contributed by atoms with Crippen molar-refractivity contribution in [3.05, 3.63) is 0 Å². The lowest BCUT2D eigenvalue weighted by Gasteiger charge is -2.49. The molecule has 0 saturated carbocycles. The van der Waals surface area contributed by atoms with Gasteiger partial charge in [0.2, 0.25) is 0 Å². The van der Waals surface area contributed by atoms with Gasteiger partial charge in [-0.3, -0.25) is 4.79 Å². The molecule has 3 aliphatic rings. The van der Waals surface area contributed by atoms with Crippen LogP contribution in [0.4, 0.5) is 0 Å². The molecule has 0 amide bonds. The maximum Gasteiger partial charge on any atom is 0.311 e. The number of hydrogen-bond donors (Lipinski definition) is 4. The van der Waals surface area contributed by atoms with Gasteiger partial charge in [0.15, 0.2) is 12.6 Å². The normalized spacial score (nSPS) is 48.8. The van der Waals surface area contributed by atoms with Crippen LogP contribution in [0.15, 0.2) is 0 Å². The Morgan fingerprint density at radius 2 is 1.55 bits per heavy atom. The highest BCUT2D eigenvalue weighted by Gasteiger charge is 2.53. The number of esters is 1. The van der Waals surface area contributed by atoms with E-state index in [0.717, 1.165) is 0 Å². The van der Waals surface area contributed by atoms with Crippen molar-refractivity contribution in [1.82, 2.24) is 10.2 Å². The minimum absolute atomic E-state index is 0.0440. The molecule has 3 rings (SSSR count). The molecule has 18 atom stereocenters. The van der Waals surface area contributed by atoms with Gasteiger partial charge in [0, 0.05) is 52.3 Å². The van der Waals surface area contributed by atoms with Gasteiger partial charge in [0.1, 0.15) is 30.0 Å². The minimum Gasteiger partial charge on any atom is -0.459 e. The number of hydrogen-bond acceptors (Lipinski definition) is 14. The van der Waals surface area contributed by atoms with Crippen LogP contribution in [0.2, 0.25) is 0 Å². The highest BCUT2D eigenvalue weighted by atomic mass is 16.7. The summed E-state index contributed by atoms with van der Waals surface area (Å²) >= 11 is 0. The molecule has 312 valence electrons. The Morgan fingerprint density at radius 1 is 0.925 bits per heavy atom. The van der Waals surface area contributed by atoms with E-state index in [1.807, 2.05) is 41.7 Å². The molecule has 3 fully saturated rings. The Labute approximate surface area is 318 Å². The van der Waals surface area contributed by atoms with Gasteiger partial charge in [0.25, 0.3) is 0 Å². The molecule has 0 bridgehead atoms. The molecule has 0 aliphatic carbocycles. The quantitative estimate of drug-likeness (QED) is 0.253. The van der Waals surface area contributed by atoms with Gasteiger partial charge in [-0.15, -0.1) is 0 Å². The number of likely N-dealkylation sites (N-methyl/N-ethyl adjacent to an activating group) is 2. The molecule has 3 heterocycles. The Morgan fingerprint density at radius 3 is 2.09 bits per heavy atom. The van der Waals surface area contributed by atoms with E-state index >= 15 is 0 Å². The lowest BCUT2D eigenvalue weighted by atomic mass is 9.77. The number of methoxy groups -OCH3 is 3. The number of ether oxygens (including phenoxy) is 8. The van der Waals surface area contributed by atoms with Crippen molar-refractivity contribution in [3.63, 3.8) is 0 Å². The molecular weight excluding hydrogens is 688 g/mol. The van der Waals surface area contributed by atoms with Gasteiger partial charge in [-0.25, -0.2) is 0 Å². The average molecular weight is 763 g/mol. The van der Waals surface area contributed by atoms with Crippen molar-refractivity contribution in [3.8, 4) is 0 Å². The summed E-state index contributed by atoms with van der Waals surface area (Å²) < 4.78 is 50.6. The monoisotopic (exact) mass is 763 g/mol. The van der Waals surface area contributed by atoms with Crippen molar-refractivity contribution in [1.29, 1.82) is 0 Å². The van der Waals surface area contributed by atoms with Crippen molar-refractivity contribution >= 4 is 5.97 Å². The van der Waals surface area contributed by atoms with Crippen molar-refractivity contribution < 1.29 is 58.0 Å². The zero-order valence-corrected chi connectivity index (χ0v) is 35.2. The van der Waals surface area contributed by atoms with Crippen molar-refractivity contribution in [2.45, 2.75) is 185 Å². The largest absolute Gasteiger partial charge is 0.459 e. The zero-order chi connectivity index (χ0) is 40.2. The third kappa shape index (κ3) is 10.3. The van der Waals surface area contributed by atoms with Crippen molar-refractivity contribution in [2.24, 2.45) is 17.8 Å². The molecule has 0 radical (unpaired) electrons. The second-order valence-electron chi connectivity index (χ2n) is 16.9. The minimum atomic E-state index is -1.54. The van der Waals surface area contributed by atoms with Crippen LogP contribution in [0.1, 0.15) is 94.9 Å². The molecular formula is C39H74N2O12. The molecule has 0 aromatic heterocycles. The Bertz CT molecular complexity index is 1150. The van der Waals surface area contributed by atoms with Gasteiger partial charge in [0.05, 0.1) is 41.5 Å². The second-order valence-corrected chi connectivity index (χ2v) is 16.9. The summed E-state index contributed by atoms with van der Waals surface area (Å²) in [5.74, 6) is -2.04. The van der Waals surface area contributed by atoms with Gasteiger partial charge >= 0.3 is 5.97 Å². The first-order valence-corrected chi connectivity index (χ1v) is 19.6. The second kappa shape index (κ2) is 19.0. The van der Waals surface area contributed by atoms with Crippen LogP contribution in [0, 0.1) is 17.8 Å². The number of rotatable bonds is 9. The SMILES string of the molecule is CCC1OC(=O)[C@H](C)[C@@H](O[C@H]2C[C@@](C)(OC)[C@@H](O)[C@H](C)O2)[C@H](C)[C@@H](O[C@@H]2O[C@H](C)C[C@H](NC)[C@H]2O)[C@](C)(OC)C[C@@H](C)CN(C)[C@H](C)[C@@H](OC)[C@@]1(C)O. The highest BCUT2D eigenvalue weighted by molar-refractivity contribution is 5.73. The summed E-state index contributed by atoms with van der Waals surface area (Å²) in [6.45, 7) is 19.4. The van der Waals surface area contributed by atoms with Crippen LogP contribution < -0.4 is 5.32 Å². The summed E-state index contributed by atoms with van der Waals surface area (Å²) in [5, 5.41) is 37.7. The van der Waals surface area contributed by atoms with E-state index in [-0.39, 0.29) is 30.5 Å². The van der Waals surface area contributed by atoms with Crippen molar-refractivity contribution in [2.75, 3.05) is 42.0 Å². The fraction of sp³-hybridized carbons (Fsp3) is 0.974. The van der Waals surface area contributed by atoms with Gasteiger partial charge in [-0.1, -0.05) is 20.8 Å². The summed E-state index contributed by atoms with van der Waals surface area (Å²) in [4.78, 5) is 16.5. The maximum absolute atomic E-state index is 14.4. The molecule has 3 aliphatic heterocycles. The fourth-order valence-corrected chi connectivity index (χ4v) is 9.13. The van der Waals surface area contributed by atoms with E-state index in [0.29, 0.717) is 25.8 Å². The molecule has 1 unspecified atom stereocenters. The number of aliphatic hydroxyl groups excluding tert-OH is 2. The molecule has 3 saturated heterocycles. The molecule has 0 spiro atoms. The van der Waals surface area contributed by atoms with Gasteiger partial charge in [-0.2, -0.15) is 0 Å². The first kappa shape index (κ1) is 46.4. The first-order valence-electron chi connectivity index (χ1n) is 19.6. The van der Waals surface area contributed by atoms with E-state index in [1.54, 1.807) is 49.0 Å².